The number of epoxide rings is 6. The molecular weight excluding hydrogens is 805 g/mol. The van der Waals surface area contributed by atoms with E-state index in [4.69, 9.17) is 56.8 Å². The fourth-order valence-electron chi connectivity index (χ4n) is 9.23. The van der Waals surface area contributed by atoms with Crippen molar-refractivity contribution >= 4 is 21.5 Å². The first-order valence-corrected chi connectivity index (χ1v) is 22.1. The topological polar surface area (TPSA) is 131 Å². The van der Waals surface area contributed by atoms with Crippen molar-refractivity contribution in [2.24, 2.45) is 0 Å². The third kappa shape index (κ3) is 7.00. The van der Waals surface area contributed by atoms with Crippen LogP contribution in [0.4, 0.5) is 0 Å². The number of fused-ring (bicyclic) bond motifs is 5. The molecule has 6 unspecified atom stereocenters. The van der Waals surface area contributed by atoms with Gasteiger partial charge in [-0.2, -0.15) is 0 Å². The van der Waals surface area contributed by atoms with E-state index in [1.54, 1.807) is 0 Å². The molecule has 0 spiro atoms. The molecular formula is C51H46O12. The van der Waals surface area contributed by atoms with Crippen molar-refractivity contribution in [1.82, 2.24) is 0 Å². The van der Waals surface area contributed by atoms with Crippen molar-refractivity contribution in [3.05, 3.63) is 119 Å². The van der Waals surface area contributed by atoms with Gasteiger partial charge in [-0.15, -0.1) is 0 Å². The maximum atomic E-state index is 7.23. The van der Waals surface area contributed by atoms with Crippen molar-refractivity contribution in [3.8, 4) is 45.6 Å². The molecule has 0 saturated carbocycles. The van der Waals surface area contributed by atoms with Crippen molar-refractivity contribution in [1.29, 1.82) is 0 Å². The summed E-state index contributed by atoms with van der Waals surface area (Å²) in [5.74, 6) is 3.32. The fourth-order valence-corrected chi connectivity index (χ4v) is 9.23. The first kappa shape index (κ1) is 37.9. The van der Waals surface area contributed by atoms with E-state index in [2.05, 4.69) is 84.9 Å². The third-order valence-corrected chi connectivity index (χ3v) is 12.8. The van der Waals surface area contributed by atoms with Crippen LogP contribution in [-0.2, 0) is 33.8 Å². The number of hydrogen-bond donors (Lipinski definition) is 0. The van der Waals surface area contributed by atoms with Gasteiger partial charge in [-0.3, -0.25) is 0 Å². The van der Waals surface area contributed by atoms with Gasteiger partial charge in [0.1, 0.15) is 76.3 Å². The summed E-state index contributed by atoms with van der Waals surface area (Å²) in [6.07, 6.45) is -0.221. The van der Waals surface area contributed by atoms with Gasteiger partial charge in [0.05, 0.1) is 45.1 Å². The van der Waals surface area contributed by atoms with Crippen molar-refractivity contribution in [2.75, 3.05) is 79.3 Å². The highest BCUT2D eigenvalue weighted by Crippen LogP contribution is 2.66. The van der Waals surface area contributed by atoms with Gasteiger partial charge in [-0.1, -0.05) is 97.1 Å². The van der Waals surface area contributed by atoms with Crippen LogP contribution in [0, 0.1) is 0 Å². The van der Waals surface area contributed by atoms with E-state index in [1.807, 2.05) is 12.1 Å². The standard InChI is InChI=1S/C51H46O12/c1-3-13-39-37(11-1)43(47(60-25-31-19-54-31)49(62-27-33-21-56-33)45(39)58-23-29-17-52-29)51(41-15-7-5-9-35(41)36-10-6-8-16-42(36)51)44-38-12-2-4-14-40(38)46(59-24-30-18-53-30)50(63-28-34-22-57-34)48(44)61-26-32-20-55-32/h1-16,29-34H,17-28H2. The molecule has 6 aromatic carbocycles. The molecule has 0 aromatic heterocycles. The summed E-state index contributed by atoms with van der Waals surface area (Å²) in [6, 6.07) is 34.1. The van der Waals surface area contributed by atoms with Gasteiger partial charge in [0, 0.05) is 21.9 Å². The Hall–Kier alpha value is -5.60. The highest BCUT2D eigenvalue weighted by Gasteiger charge is 2.54. The molecule has 0 bridgehead atoms. The van der Waals surface area contributed by atoms with Crippen LogP contribution in [0.2, 0.25) is 0 Å². The van der Waals surface area contributed by atoms with Crippen LogP contribution in [0.15, 0.2) is 97.1 Å². The van der Waals surface area contributed by atoms with E-state index in [-0.39, 0.29) is 36.6 Å². The van der Waals surface area contributed by atoms with E-state index in [9.17, 15) is 0 Å². The van der Waals surface area contributed by atoms with E-state index in [0.29, 0.717) is 114 Å². The first-order chi connectivity index (χ1) is 31.2. The molecule has 12 heteroatoms. The minimum Gasteiger partial charge on any atom is -0.486 e. The predicted molar refractivity (Wildman–Crippen MR) is 230 cm³/mol. The highest BCUT2D eigenvalue weighted by atomic mass is 16.6. The molecule has 322 valence electrons. The maximum Gasteiger partial charge on any atom is 0.204 e. The molecule has 13 rings (SSSR count). The summed E-state index contributed by atoms with van der Waals surface area (Å²) in [4.78, 5) is 0. The Balaban J connectivity index is 1.18. The second-order valence-electron chi connectivity index (χ2n) is 17.3. The monoisotopic (exact) mass is 850 g/mol. The lowest BCUT2D eigenvalue weighted by molar-refractivity contribution is 0.206. The Kier molecular flexibility index (Phi) is 9.20. The normalized spacial score (nSPS) is 24.9. The molecule has 12 nitrogen and oxygen atoms in total. The Morgan fingerprint density at radius 2 is 0.603 bits per heavy atom. The molecule has 7 aliphatic rings. The lowest BCUT2D eigenvalue weighted by atomic mass is 9.64. The number of rotatable bonds is 20. The van der Waals surface area contributed by atoms with Gasteiger partial charge in [-0.05, 0) is 33.0 Å². The Labute approximate surface area is 363 Å². The molecule has 1 aliphatic carbocycles. The molecule has 63 heavy (non-hydrogen) atoms. The van der Waals surface area contributed by atoms with Gasteiger partial charge in [0.2, 0.25) is 11.5 Å². The molecule has 0 N–H and O–H groups in total. The zero-order chi connectivity index (χ0) is 41.5. The zero-order valence-electron chi connectivity index (χ0n) is 34.6. The van der Waals surface area contributed by atoms with Gasteiger partial charge < -0.3 is 56.8 Å². The van der Waals surface area contributed by atoms with Crippen LogP contribution in [-0.4, -0.2) is 116 Å². The van der Waals surface area contributed by atoms with Crippen LogP contribution < -0.4 is 28.4 Å². The van der Waals surface area contributed by atoms with Crippen LogP contribution >= 0.6 is 0 Å². The number of hydrogen-bond acceptors (Lipinski definition) is 12. The quantitative estimate of drug-likeness (QED) is 0.0731. The van der Waals surface area contributed by atoms with E-state index in [0.717, 1.165) is 54.9 Å². The largest absolute Gasteiger partial charge is 0.486 e. The summed E-state index contributed by atoms with van der Waals surface area (Å²) >= 11 is 0. The average Bonchev–Trinajstić information content (AvgIpc) is 4.10. The summed E-state index contributed by atoms with van der Waals surface area (Å²) in [7, 11) is 0. The van der Waals surface area contributed by atoms with E-state index in [1.165, 1.54) is 0 Å². The number of ether oxygens (including phenoxy) is 12. The highest BCUT2D eigenvalue weighted by molar-refractivity contribution is 6.06. The Morgan fingerprint density at radius 1 is 0.333 bits per heavy atom. The second-order valence-corrected chi connectivity index (χ2v) is 17.3. The SMILES string of the molecule is c1ccc2c(c1)-c1ccccc1C2(c1c(OCC2CO2)c(OCC2CO2)c(OCC2CO2)c2ccccc12)c1c(OCC2CO2)c(OCC2CO2)c(OCC2CO2)c2ccccc12. The lowest BCUT2D eigenvalue weighted by Crippen LogP contribution is -2.32. The summed E-state index contributed by atoms with van der Waals surface area (Å²) < 4.78 is 76.4. The smallest absolute Gasteiger partial charge is 0.204 e. The van der Waals surface area contributed by atoms with Gasteiger partial charge in [-0.25, -0.2) is 0 Å². The van der Waals surface area contributed by atoms with Crippen molar-refractivity contribution < 1.29 is 56.8 Å². The molecule has 6 aromatic rings. The minimum atomic E-state index is -1.13. The van der Waals surface area contributed by atoms with Gasteiger partial charge in [0.15, 0.2) is 23.0 Å². The fraction of sp³-hybridized carbons (Fsp3) is 0.373. The first-order valence-electron chi connectivity index (χ1n) is 22.1. The molecule has 0 amide bonds. The summed E-state index contributed by atoms with van der Waals surface area (Å²) in [5, 5.41) is 3.61. The predicted octanol–water partition coefficient (Wildman–Crippen LogP) is 7.02. The van der Waals surface area contributed by atoms with Gasteiger partial charge in [0.25, 0.3) is 0 Å². The molecule has 6 saturated heterocycles. The van der Waals surface area contributed by atoms with Crippen molar-refractivity contribution in [3.63, 3.8) is 0 Å². The van der Waals surface area contributed by atoms with E-state index < -0.39 is 5.41 Å². The van der Waals surface area contributed by atoms with Crippen LogP contribution in [0.25, 0.3) is 32.7 Å². The van der Waals surface area contributed by atoms with Crippen LogP contribution in [0.5, 0.6) is 34.5 Å². The third-order valence-electron chi connectivity index (χ3n) is 12.8. The Morgan fingerprint density at radius 3 is 0.937 bits per heavy atom. The van der Waals surface area contributed by atoms with Crippen LogP contribution in [0.1, 0.15) is 22.3 Å². The average molecular weight is 851 g/mol. The zero-order valence-corrected chi connectivity index (χ0v) is 34.6. The van der Waals surface area contributed by atoms with Crippen molar-refractivity contribution in [2.45, 2.75) is 42.0 Å². The summed E-state index contributed by atoms with van der Waals surface area (Å²) in [5.41, 5.74) is 4.91. The molecule has 6 heterocycles. The molecule has 6 aliphatic heterocycles. The maximum absolute atomic E-state index is 7.23. The lowest BCUT2D eigenvalue weighted by Gasteiger charge is -2.39. The molecule has 6 fully saturated rings. The summed E-state index contributed by atoms with van der Waals surface area (Å²) in [6.45, 7) is 5.75. The second kappa shape index (κ2) is 15.3. The van der Waals surface area contributed by atoms with Gasteiger partial charge >= 0.3 is 0 Å². The number of benzene rings is 6. The van der Waals surface area contributed by atoms with Crippen LogP contribution in [0.3, 0.4) is 0 Å². The minimum absolute atomic E-state index is 0.000374. The molecule has 0 radical (unpaired) electrons. The van der Waals surface area contributed by atoms with E-state index >= 15 is 0 Å². The Bertz CT molecular complexity index is 2540. The molecule has 6 atom stereocenters.